The Balaban J connectivity index is 1.81. The van der Waals surface area contributed by atoms with E-state index in [4.69, 9.17) is 16.9 Å². The molecule has 146 valence electrons. The number of hydrogen-bond donors (Lipinski definition) is 2. The lowest BCUT2D eigenvalue weighted by atomic mass is 9.98. The third-order valence-electron chi connectivity index (χ3n) is 4.91. The van der Waals surface area contributed by atoms with Crippen molar-refractivity contribution in [2.75, 3.05) is 5.32 Å². The smallest absolute Gasteiger partial charge is 0.226 e. The number of anilines is 1. The third kappa shape index (κ3) is 3.99. The van der Waals surface area contributed by atoms with Gasteiger partial charge >= 0.3 is 0 Å². The van der Waals surface area contributed by atoms with E-state index < -0.39 is 11.9 Å². The van der Waals surface area contributed by atoms with E-state index in [1.165, 1.54) is 0 Å². The number of Topliss-reactive ketones (excluding diaryl/α,β-unsaturated/α-hetero) is 1. The van der Waals surface area contributed by atoms with Crippen molar-refractivity contribution in [3.05, 3.63) is 57.6 Å². The van der Waals surface area contributed by atoms with Crippen molar-refractivity contribution in [3.8, 4) is 6.07 Å². The standard InChI is InChI=1S/C20H20ClFN4O2/c1-2-3-6-13(24-20-15(22)9-12(11-23)19(21)25-20)10-17-18(27)14-7-4-5-8-16(14)26(17)28/h4-5,7-9,13,17,26H,2-3,6,10H2,1H3,(H,24,25). The molecule has 3 unspecified atom stereocenters. The first-order valence-electron chi connectivity index (χ1n) is 9.16. The highest BCUT2D eigenvalue weighted by Crippen LogP contribution is 2.25. The van der Waals surface area contributed by atoms with Gasteiger partial charge in [-0.1, -0.05) is 43.5 Å². The average Bonchev–Trinajstić information content (AvgIpc) is 2.93. The first-order chi connectivity index (χ1) is 13.5. The van der Waals surface area contributed by atoms with Gasteiger partial charge in [0.1, 0.15) is 16.9 Å². The molecule has 0 saturated carbocycles. The molecule has 0 fully saturated rings. The van der Waals surface area contributed by atoms with Gasteiger partial charge in [-0.15, -0.1) is 0 Å². The molecule has 1 aromatic heterocycles. The predicted molar refractivity (Wildman–Crippen MR) is 104 cm³/mol. The van der Waals surface area contributed by atoms with E-state index in [0.29, 0.717) is 17.7 Å². The number of ketones is 1. The summed E-state index contributed by atoms with van der Waals surface area (Å²) in [6, 6.07) is 8.46. The van der Waals surface area contributed by atoms with Gasteiger partial charge in [0.2, 0.25) is 5.78 Å². The highest BCUT2D eigenvalue weighted by Gasteiger charge is 2.39. The summed E-state index contributed by atoms with van der Waals surface area (Å²) in [5.74, 6) is -0.981. The van der Waals surface area contributed by atoms with Gasteiger partial charge < -0.3 is 15.6 Å². The summed E-state index contributed by atoms with van der Waals surface area (Å²) in [5.41, 5.74) is 0.835. The molecule has 1 aliphatic rings. The molecule has 0 amide bonds. The van der Waals surface area contributed by atoms with E-state index in [2.05, 4.69) is 10.3 Å². The van der Waals surface area contributed by atoms with Crippen LogP contribution in [0.5, 0.6) is 0 Å². The van der Waals surface area contributed by atoms with Crippen LogP contribution in [0, 0.1) is 22.4 Å². The fourth-order valence-corrected chi connectivity index (χ4v) is 3.63. The summed E-state index contributed by atoms with van der Waals surface area (Å²) in [5, 5.41) is 24.3. The number of nitrogens with one attached hydrogen (secondary N) is 2. The number of nitrogens with zero attached hydrogens (tertiary/aromatic N) is 2. The van der Waals surface area contributed by atoms with E-state index in [1.807, 2.05) is 6.92 Å². The molecule has 1 aromatic carbocycles. The number of fused-ring (bicyclic) bond motifs is 1. The van der Waals surface area contributed by atoms with Crippen molar-refractivity contribution in [1.29, 1.82) is 5.26 Å². The Kier molecular flexibility index (Phi) is 6.25. The van der Waals surface area contributed by atoms with E-state index in [-0.39, 0.29) is 39.8 Å². The number of carbonyl (C=O) groups excluding carboxylic acids is 1. The lowest BCUT2D eigenvalue weighted by molar-refractivity contribution is -0.790. The molecule has 6 nitrogen and oxygen atoms in total. The first kappa shape index (κ1) is 20.2. The maximum absolute atomic E-state index is 14.3. The lowest BCUT2D eigenvalue weighted by Gasteiger charge is -2.28. The molecule has 8 heteroatoms. The number of halogens is 2. The van der Waals surface area contributed by atoms with E-state index in [1.54, 1.807) is 30.3 Å². The fourth-order valence-electron chi connectivity index (χ4n) is 3.44. The van der Waals surface area contributed by atoms with Gasteiger partial charge in [0.05, 0.1) is 11.1 Å². The minimum atomic E-state index is -0.788. The van der Waals surface area contributed by atoms with Crippen molar-refractivity contribution < 1.29 is 14.2 Å². The molecule has 0 aliphatic carbocycles. The van der Waals surface area contributed by atoms with Crippen LogP contribution < -0.4 is 10.4 Å². The largest absolute Gasteiger partial charge is 0.628 e. The molecular formula is C20H20ClFN4O2. The van der Waals surface area contributed by atoms with Crippen LogP contribution in [0.4, 0.5) is 15.9 Å². The SMILES string of the molecule is CCCCC(CC1C(=O)c2ccccc2[NH+]1[O-])Nc1nc(Cl)c(C#N)cc1F. The number of para-hydroxylation sites is 1. The van der Waals surface area contributed by atoms with Crippen molar-refractivity contribution in [2.45, 2.75) is 44.7 Å². The van der Waals surface area contributed by atoms with Crippen LogP contribution in [0.15, 0.2) is 30.3 Å². The number of hydrogen-bond acceptors (Lipinski definition) is 5. The maximum Gasteiger partial charge on any atom is 0.226 e. The van der Waals surface area contributed by atoms with Gasteiger partial charge in [0.25, 0.3) is 0 Å². The molecule has 1 aliphatic heterocycles. The third-order valence-corrected chi connectivity index (χ3v) is 5.20. The molecule has 0 saturated heterocycles. The molecule has 0 radical (unpaired) electrons. The van der Waals surface area contributed by atoms with Crippen LogP contribution in [-0.4, -0.2) is 22.9 Å². The number of hydroxylamine groups is 1. The summed E-state index contributed by atoms with van der Waals surface area (Å²) in [6.45, 7) is 2.02. The summed E-state index contributed by atoms with van der Waals surface area (Å²) < 4.78 is 14.3. The molecule has 28 heavy (non-hydrogen) atoms. The lowest BCUT2D eigenvalue weighted by Crippen LogP contribution is -3.05. The van der Waals surface area contributed by atoms with Crippen LogP contribution in [-0.2, 0) is 0 Å². The Morgan fingerprint density at radius 3 is 2.89 bits per heavy atom. The van der Waals surface area contributed by atoms with E-state index in [9.17, 15) is 14.4 Å². The Morgan fingerprint density at radius 2 is 2.21 bits per heavy atom. The number of rotatable bonds is 7. The zero-order valence-electron chi connectivity index (χ0n) is 15.3. The second kappa shape index (κ2) is 8.65. The van der Waals surface area contributed by atoms with Gasteiger partial charge in [-0.2, -0.15) is 5.26 Å². The van der Waals surface area contributed by atoms with Gasteiger partial charge in [0.15, 0.2) is 17.7 Å². The monoisotopic (exact) mass is 402 g/mol. The molecule has 2 aromatic rings. The molecule has 0 spiro atoms. The minimum Gasteiger partial charge on any atom is -0.628 e. The van der Waals surface area contributed by atoms with Gasteiger partial charge in [-0.25, -0.2) is 9.37 Å². The molecule has 2 N–H and O–H groups in total. The highest BCUT2D eigenvalue weighted by molar-refractivity contribution is 6.30. The normalized spacial score (nSPS) is 19.2. The van der Waals surface area contributed by atoms with E-state index in [0.717, 1.165) is 18.9 Å². The molecule has 2 heterocycles. The van der Waals surface area contributed by atoms with Crippen molar-refractivity contribution in [2.24, 2.45) is 0 Å². The summed E-state index contributed by atoms with van der Waals surface area (Å²) in [6.07, 6.45) is 2.63. The van der Waals surface area contributed by atoms with Crippen LogP contribution in [0.3, 0.4) is 0 Å². The zero-order valence-corrected chi connectivity index (χ0v) is 16.1. The van der Waals surface area contributed by atoms with Gasteiger partial charge in [-0.3, -0.25) is 4.79 Å². The number of nitriles is 1. The molecular weight excluding hydrogens is 383 g/mol. The van der Waals surface area contributed by atoms with Crippen LogP contribution in [0.2, 0.25) is 5.15 Å². The highest BCUT2D eigenvalue weighted by atomic mass is 35.5. The predicted octanol–water partition coefficient (Wildman–Crippen LogP) is 3.39. The zero-order chi connectivity index (χ0) is 20.3. The van der Waals surface area contributed by atoms with Gasteiger partial charge in [0, 0.05) is 18.5 Å². The molecule has 3 atom stereocenters. The molecule has 0 bridgehead atoms. The minimum absolute atomic E-state index is 0.0496. The Hall–Kier alpha value is -2.53. The summed E-state index contributed by atoms with van der Waals surface area (Å²) in [4.78, 5) is 16.6. The van der Waals surface area contributed by atoms with Crippen molar-refractivity contribution >= 4 is 28.9 Å². The Bertz CT molecular complexity index is 931. The second-order valence-corrected chi connectivity index (χ2v) is 7.17. The van der Waals surface area contributed by atoms with Crippen molar-refractivity contribution in [3.63, 3.8) is 0 Å². The second-order valence-electron chi connectivity index (χ2n) is 6.81. The maximum atomic E-state index is 14.3. The summed E-state index contributed by atoms with van der Waals surface area (Å²) in [7, 11) is 0. The molecule has 3 rings (SSSR count). The quantitative estimate of drug-likeness (QED) is 0.547. The summed E-state index contributed by atoms with van der Waals surface area (Å²) >= 11 is 5.92. The fraction of sp³-hybridized carbons (Fsp3) is 0.350. The number of carbonyl (C=O) groups is 1. The van der Waals surface area contributed by atoms with Crippen LogP contribution in [0.1, 0.15) is 48.5 Å². The Labute approximate surface area is 167 Å². The number of quaternary nitrogens is 1. The number of pyridine rings is 1. The number of unbranched alkanes of at least 4 members (excludes halogenated alkanes) is 1. The van der Waals surface area contributed by atoms with Crippen LogP contribution in [0.25, 0.3) is 0 Å². The first-order valence-corrected chi connectivity index (χ1v) is 9.54. The Morgan fingerprint density at radius 1 is 1.46 bits per heavy atom. The topological polar surface area (TPSA) is 93.3 Å². The van der Waals surface area contributed by atoms with Crippen LogP contribution >= 0.6 is 11.6 Å². The number of aromatic nitrogens is 1. The van der Waals surface area contributed by atoms with Crippen molar-refractivity contribution in [1.82, 2.24) is 4.98 Å². The van der Waals surface area contributed by atoms with Gasteiger partial charge in [-0.05, 0) is 18.6 Å². The van der Waals surface area contributed by atoms with E-state index >= 15 is 0 Å². The average molecular weight is 403 g/mol. The number of benzene rings is 1.